The molecular weight excluding hydrogens is 387 g/mol. The van der Waals surface area contributed by atoms with Gasteiger partial charge in [-0.25, -0.2) is 9.18 Å². The molecule has 0 N–H and O–H groups in total. The summed E-state index contributed by atoms with van der Waals surface area (Å²) in [6.07, 6.45) is 0. The maximum atomic E-state index is 13.8. The van der Waals surface area contributed by atoms with Crippen LogP contribution in [0.1, 0.15) is 15.9 Å². The quantitative estimate of drug-likeness (QED) is 0.660. The van der Waals surface area contributed by atoms with Gasteiger partial charge in [0.05, 0.1) is 0 Å². The van der Waals surface area contributed by atoms with Gasteiger partial charge < -0.3 is 14.4 Å². The lowest BCUT2D eigenvalue weighted by molar-refractivity contribution is -0.133. The van der Waals surface area contributed by atoms with Gasteiger partial charge in [-0.1, -0.05) is 29.8 Å². The first-order chi connectivity index (χ1) is 12.8. The number of carbonyl (C=O) groups is 2. The third-order valence-electron chi connectivity index (χ3n) is 3.53. The molecule has 0 fully saturated rings. The number of esters is 1. The van der Waals surface area contributed by atoms with Crippen LogP contribution in [0.15, 0.2) is 42.5 Å². The molecule has 0 atom stereocenters. The molecule has 2 rings (SSSR count). The van der Waals surface area contributed by atoms with Gasteiger partial charge >= 0.3 is 12.6 Å². The molecule has 9 heteroatoms. The standard InChI is InChI=1S/C18H15ClF3NO4/c1-23(9-12-13(19)6-4-7-14(12)20)16(24)10-26-17(25)11-5-2-3-8-15(11)27-18(21)22/h2-8,18H,9-10H2,1H3. The van der Waals surface area contributed by atoms with Crippen LogP contribution in [0.25, 0.3) is 0 Å². The molecule has 0 heterocycles. The zero-order valence-corrected chi connectivity index (χ0v) is 14.9. The summed E-state index contributed by atoms with van der Waals surface area (Å²) in [7, 11) is 1.38. The van der Waals surface area contributed by atoms with Crippen LogP contribution in [-0.2, 0) is 16.1 Å². The molecule has 144 valence electrons. The number of hydrogen-bond donors (Lipinski definition) is 0. The molecular formula is C18H15ClF3NO4. The molecule has 0 aliphatic heterocycles. The first kappa shape index (κ1) is 20.6. The minimum atomic E-state index is -3.11. The fourth-order valence-corrected chi connectivity index (χ4v) is 2.38. The van der Waals surface area contributed by atoms with Gasteiger partial charge in [0.1, 0.15) is 17.1 Å². The molecule has 5 nitrogen and oxygen atoms in total. The summed E-state index contributed by atoms with van der Waals surface area (Å²) < 4.78 is 47.6. The summed E-state index contributed by atoms with van der Waals surface area (Å²) in [5.41, 5.74) is -0.123. The van der Waals surface area contributed by atoms with Gasteiger partial charge in [-0.2, -0.15) is 8.78 Å². The van der Waals surface area contributed by atoms with E-state index in [1.165, 1.54) is 49.5 Å². The Bertz CT molecular complexity index is 812. The van der Waals surface area contributed by atoms with Crippen LogP contribution < -0.4 is 4.74 Å². The number of halogens is 4. The van der Waals surface area contributed by atoms with Crippen LogP contribution >= 0.6 is 11.6 Å². The lowest BCUT2D eigenvalue weighted by Crippen LogP contribution is -2.31. The fourth-order valence-electron chi connectivity index (χ4n) is 2.16. The number of amides is 1. The monoisotopic (exact) mass is 401 g/mol. The van der Waals surface area contributed by atoms with Crippen LogP contribution in [0.3, 0.4) is 0 Å². The van der Waals surface area contributed by atoms with Crippen molar-refractivity contribution in [3.8, 4) is 5.75 Å². The van der Waals surface area contributed by atoms with E-state index in [4.69, 9.17) is 16.3 Å². The summed E-state index contributed by atoms with van der Waals surface area (Å²) in [6, 6.07) is 9.38. The Morgan fingerprint density at radius 1 is 1.15 bits per heavy atom. The van der Waals surface area contributed by atoms with Crippen LogP contribution in [0.2, 0.25) is 5.02 Å². The van der Waals surface area contributed by atoms with E-state index in [0.717, 1.165) is 4.90 Å². The highest BCUT2D eigenvalue weighted by Gasteiger charge is 2.20. The number of hydrogen-bond acceptors (Lipinski definition) is 4. The number of benzene rings is 2. The number of para-hydroxylation sites is 1. The Morgan fingerprint density at radius 2 is 1.85 bits per heavy atom. The normalized spacial score (nSPS) is 10.6. The predicted molar refractivity (Wildman–Crippen MR) is 91.2 cm³/mol. The van der Waals surface area contributed by atoms with Crippen molar-refractivity contribution in [2.75, 3.05) is 13.7 Å². The van der Waals surface area contributed by atoms with Crippen molar-refractivity contribution >= 4 is 23.5 Å². The Morgan fingerprint density at radius 3 is 2.52 bits per heavy atom. The number of alkyl halides is 2. The second-order valence-electron chi connectivity index (χ2n) is 5.40. The molecule has 27 heavy (non-hydrogen) atoms. The smallest absolute Gasteiger partial charge is 0.387 e. The van der Waals surface area contributed by atoms with E-state index >= 15 is 0 Å². The van der Waals surface area contributed by atoms with Gasteiger partial charge in [-0.05, 0) is 24.3 Å². The van der Waals surface area contributed by atoms with Crippen molar-refractivity contribution in [3.05, 3.63) is 64.4 Å². The van der Waals surface area contributed by atoms with Crippen molar-refractivity contribution in [2.24, 2.45) is 0 Å². The Labute approximate surface area is 158 Å². The predicted octanol–water partition coefficient (Wildman–Crippen LogP) is 3.90. The topological polar surface area (TPSA) is 55.8 Å². The Hall–Kier alpha value is -2.74. The summed E-state index contributed by atoms with van der Waals surface area (Å²) in [6.45, 7) is -3.91. The second kappa shape index (κ2) is 9.27. The third kappa shape index (κ3) is 5.62. The molecule has 0 unspecified atom stereocenters. The van der Waals surface area contributed by atoms with Gasteiger partial charge in [0.25, 0.3) is 5.91 Å². The number of nitrogens with zero attached hydrogens (tertiary/aromatic N) is 1. The molecule has 0 radical (unpaired) electrons. The SMILES string of the molecule is CN(Cc1c(F)cccc1Cl)C(=O)COC(=O)c1ccccc1OC(F)F. The lowest BCUT2D eigenvalue weighted by atomic mass is 10.2. The summed E-state index contributed by atoms with van der Waals surface area (Å²) >= 11 is 5.91. The van der Waals surface area contributed by atoms with Crippen LogP contribution in [-0.4, -0.2) is 37.0 Å². The third-order valence-corrected chi connectivity index (χ3v) is 3.89. The van der Waals surface area contributed by atoms with Gasteiger partial charge in [-0.15, -0.1) is 0 Å². The number of rotatable bonds is 7. The van der Waals surface area contributed by atoms with Crippen molar-refractivity contribution < 1.29 is 32.2 Å². The zero-order valence-electron chi connectivity index (χ0n) is 14.1. The molecule has 0 spiro atoms. The van der Waals surface area contributed by atoms with Gasteiger partial charge in [0, 0.05) is 24.2 Å². The number of likely N-dealkylation sites (N-methyl/N-ethyl adjacent to an activating group) is 1. The van der Waals surface area contributed by atoms with E-state index in [9.17, 15) is 22.8 Å². The average molecular weight is 402 g/mol. The van der Waals surface area contributed by atoms with E-state index in [1.54, 1.807) is 0 Å². The largest absolute Gasteiger partial charge is 0.452 e. The average Bonchev–Trinajstić information content (AvgIpc) is 2.62. The van der Waals surface area contributed by atoms with Crippen LogP contribution in [0.4, 0.5) is 13.2 Å². The second-order valence-corrected chi connectivity index (χ2v) is 5.81. The van der Waals surface area contributed by atoms with E-state index in [-0.39, 0.29) is 28.4 Å². The summed E-state index contributed by atoms with van der Waals surface area (Å²) in [5.74, 6) is -2.57. The van der Waals surface area contributed by atoms with Crippen LogP contribution in [0, 0.1) is 5.82 Å². The molecule has 2 aromatic carbocycles. The van der Waals surface area contributed by atoms with Gasteiger partial charge in [-0.3, -0.25) is 4.79 Å². The highest BCUT2D eigenvalue weighted by molar-refractivity contribution is 6.31. The van der Waals surface area contributed by atoms with Gasteiger partial charge in [0.2, 0.25) is 0 Å². The summed E-state index contributed by atoms with van der Waals surface area (Å²) in [5, 5.41) is 0.157. The van der Waals surface area contributed by atoms with Crippen molar-refractivity contribution in [3.63, 3.8) is 0 Å². The van der Waals surface area contributed by atoms with E-state index in [1.807, 2.05) is 0 Å². The molecule has 2 aromatic rings. The van der Waals surface area contributed by atoms with Crippen LogP contribution in [0.5, 0.6) is 5.75 Å². The summed E-state index contributed by atoms with van der Waals surface area (Å²) in [4.78, 5) is 25.3. The highest BCUT2D eigenvalue weighted by Crippen LogP contribution is 2.22. The fraction of sp³-hybridized carbons (Fsp3) is 0.222. The van der Waals surface area contributed by atoms with Crippen molar-refractivity contribution in [1.29, 1.82) is 0 Å². The van der Waals surface area contributed by atoms with E-state index < -0.39 is 30.9 Å². The maximum Gasteiger partial charge on any atom is 0.387 e. The minimum absolute atomic E-state index is 0.122. The first-order valence-electron chi connectivity index (χ1n) is 7.67. The van der Waals surface area contributed by atoms with E-state index in [2.05, 4.69) is 4.74 Å². The van der Waals surface area contributed by atoms with E-state index in [0.29, 0.717) is 0 Å². The van der Waals surface area contributed by atoms with Crippen molar-refractivity contribution in [1.82, 2.24) is 4.90 Å². The molecule has 0 bridgehead atoms. The molecule has 1 amide bonds. The zero-order chi connectivity index (χ0) is 20.0. The molecule has 0 aromatic heterocycles. The number of carbonyl (C=O) groups excluding carboxylic acids is 2. The molecule has 0 saturated carbocycles. The first-order valence-corrected chi connectivity index (χ1v) is 8.05. The Kier molecular flexibility index (Phi) is 7.06. The van der Waals surface area contributed by atoms with Crippen molar-refractivity contribution in [2.45, 2.75) is 13.2 Å². The molecule has 0 saturated heterocycles. The lowest BCUT2D eigenvalue weighted by Gasteiger charge is -2.18. The van der Waals surface area contributed by atoms with Gasteiger partial charge in [0.15, 0.2) is 6.61 Å². The Balaban J connectivity index is 1.98. The molecule has 0 aliphatic carbocycles. The molecule has 0 aliphatic rings. The highest BCUT2D eigenvalue weighted by atomic mass is 35.5. The number of ether oxygens (including phenoxy) is 2. The maximum absolute atomic E-state index is 13.8. The minimum Gasteiger partial charge on any atom is -0.452 e.